The molecule has 0 fully saturated rings. The van der Waals surface area contributed by atoms with Crippen LogP contribution >= 0.6 is 0 Å². The van der Waals surface area contributed by atoms with E-state index in [2.05, 4.69) is 15.3 Å². The number of carbonyl (C=O) groups excluding carboxylic acids is 1. The molecule has 1 aromatic carbocycles. The number of urea groups is 1. The second kappa shape index (κ2) is 8.09. The molecule has 0 aliphatic heterocycles. The average molecular weight is 344 g/mol. The Balaban J connectivity index is 2.00. The van der Waals surface area contributed by atoms with Crippen LogP contribution in [0.3, 0.4) is 0 Å². The topological polar surface area (TPSA) is 105 Å². The maximum Gasteiger partial charge on any atom is 0.321 e. The maximum absolute atomic E-state index is 12.2. The van der Waals surface area contributed by atoms with Crippen LogP contribution in [0.2, 0.25) is 0 Å². The van der Waals surface area contributed by atoms with E-state index in [4.69, 9.17) is 9.84 Å². The summed E-state index contributed by atoms with van der Waals surface area (Å²) in [6, 6.07) is 6.71. The minimum atomic E-state index is -0.944. The maximum atomic E-state index is 12.2. The lowest BCUT2D eigenvalue weighted by Crippen LogP contribution is -2.36. The average Bonchev–Trinajstić information content (AvgIpc) is 2.58. The molecule has 8 heteroatoms. The Labute approximate surface area is 145 Å². The molecule has 2 aromatic rings. The van der Waals surface area contributed by atoms with Crippen molar-refractivity contribution in [1.82, 2.24) is 14.9 Å². The molecule has 0 spiro atoms. The highest BCUT2D eigenvalue weighted by molar-refractivity contribution is 5.90. The molecule has 0 aliphatic carbocycles. The van der Waals surface area contributed by atoms with Crippen LogP contribution in [0.15, 0.2) is 36.7 Å². The highest BCUT2D eigenvalue weighted by Crippen LogP contribution is 2.24. The Morgan fingerprint density at radius 2 is 2.00 bits per heavy atom. The number of benzene rings is 1. The van der Waals surface area contributed by atoms with E-state index in [9.17, 15) is 9.59 Å². The number of aromatic nitrogens is 2. The van der Waals surface area contributed by atoms with Gasteiger partial charge in [-0.1, -0.05) is 6.92 Å². The van der Waals surface area contributed by atoms with Gasteiger partial charge >= 0.3 is 18.0 Å². The van der Waals surface area contributed by atoms with Crippen LogP contribution < -0.4 is 10.1 Å². The molecule has 2 rings (SSSR count). The number of nitrogens with one attached hydrogen (secondary N) is 1. The van der Waals surface area contributed by atoms with Gasteiger partial charge in [-0.15, -0.1) is 0 Å². The van der Waals surface area contributed by atoms with Crippen molar-refractivity contribution < 1.29 is 19.4 Å². The molecule has 0 radical (unpaired) electrons. The van der Waals surface area contributed by atoms with E-state index in [-0.39, 0.29) is 18.6 Å². The van der Waals surface area contributed by atoms with E-state index in [1.807, 2.05) is 6.92 Å². The van der Waals surface area contributed by atoms with Crippen molar-refractivity contribution >= 4 is 17.7 Å². The van der Waals surface area contributed by atoms with Gasteiger partial charge in [0.15, 0.2) is 0 Å². The summed E-state index contributed by atoms with van der Waals surface area (Å²) in [7, 11) is 1.55. The number of rotatable bonds is 6. The number of aliphatic carboxylic acids is 1. The fourth-order valence-corrected chi connectivity index (χ4v) is 2.07. The first-order chi connectivity index (χ1) is 11.9. The van der Waals surface area contributed by atoms with Crippen LogP contribution in [-0.4, -0.2) is 45.6 Å². The van der Waals surface area contributed by atoms with Crippen molar-refractivity contribution in [2.24, 2.45) is 5.92 Å². The predicted octanol–water partition coefficient (Wildman–Crippen LogP) is 2.76. The predicted molar refractivity (Wildman–Crippen MR) is 91.7 cm³/mol. The Hall–Kier alpha value is -3.16. The number of aryl methyl sites for hydroxylation is 1. The summed E-state index contributed by atoms with van der Waals surface area (Å²) in [5.41, 5.74) is 1.41. The zero-order chi connectivity index (χ0) is 18.4. The SMILES string of the molecule is Cc1cc(Oc2ncccn2)ccc1NC(=O)N(C)CC(C)C(=O)O. The first-order valence-corrected chi connectivity index (χ1v) is 7.67. The van der Waals surface area contributed by atoms with Crippen LogP contribution in [-0.2, 0) is 4.79 Å². The Morgan fingerprint density at radius 3 is 2.60 bits per heavy atom. The monoisotopic (exact) mass is 344 g/mol. The molecular formula is C17H20N4O4. The van der Waals surface area contributed by atoms with Crippen LogP contribution in [0.25, 0.3) is 0 Å². The summed E-state index contributed by atoms with van der Waals surface area (Å²) in [6.45, 7) is 3.50. The summed E-state index contributed by atoms with van der Waals surface area (Å²) < 4.78 is 5.53. The van der Waals surface area contributed by atoms with Crippen LogP contribution in [0, 0.1) is 12.8 Å². The van der Waals surface area contributed by atoms with Gasteiger partial charge in [-0.2, -0.15) is 0 Å². The summed E-state index contributed by atoms with van der Waals surface area (Å²) in [6.07, 6.45) is 3.16. The van der Waals surface area contributed by atoms with Crippen molar-refractivity contribution in [1.29, 1.82) is 0 Å². The van der Waals surface area contributed by atoms with Crippen LogP contribution in [0.1, 0.15) is 12.5 Å². The third-order valence-electron chi connectivity index (χ3n) is 3.51. The van der Waals surface area contributed by atoms with Gasteiger partial charge in [0, 0.05) is 31.7 Å². The first-order valence-electron chi connectivity index (χ1n) is 7.67. The van der Waals surface area contributed by atoms with Crippen molar-refractivity contribution in [3.63, 3.8) is 0 Å². The number of hydrogen-bond acceptors (Lipinski definition) is 5. The Kier molecular flexibility index (Phi) is 5.89. The van der Waals surface area contributed by atoms with Crippen molar-refractivity contribution in [2.45, 2.75) is 13.8 Å². The number of carboxylic acids is 1. The zero-order valence-electron chi connectivity index (χ0n) is 14.3. The number of carboxylic acid groups (broad SMARTS) is 1. The van der Waals surface area contributed by atoms with Crippen molar-refractivity contribution in [2.75, 3.05) is 18.9 Å². The lowest BCUT2D eigenvalue weighted by atomic mass is 10.2. The Bertz CT molecular complexity index is 752. The zero-order valence-corrected chi connectivity index (χ0v) is 14.3. The van der Waals surface area contributed by atoms with Gasteiger partial charge in [-0.3, -0.25) is 4.79 Å². The summed E-state index contributed by atoms with van der Waals surface area (Å²) in [5, 5.41) is 11.7. The number of hydrogen-bond donors (Lipinski definition) is 2. The van der Waals surface area contributed by atoms with E-state index in [0.717, 1.165) is 5.56 Å². The van der Waals surface area contributed by atoms with E-state index in [1.54, 1.807) is 50.6 Å². The number of amides is 2. The molecule has 0 bridgehead atoms. The minimum absolute atomic E-state index is 0.118. The number of ether oxygens (including phenoxy) is 1. The van der Waals surface area contributed by atoms with Gasteiger partial charge in [0.25, 0.3) is 0 Å². The normalized spacial score (nSPS) is 11.5. The number of nitrogens with zero attached hydrogens (tertiary/aromatic N) is 3. The van der Waals surface area contributed by atoms with E-state index in [0.29, 0.717) is 11.4 Å². The van der Waals surface area contributed by atoms with Crippen LogP contribution in [0.5, 0.6) is 11.8 Å². The molecule has 2 amide bonds. The molecule has 132 valence electrons. The standard InChI is InChI=1S/C17H20N4O4/c1-11-9-13(25-16-18-7-4-8-19-16)5-6-14(11)20-17(24)21(3)10-12(2)15(22)23/h4-9,12H,10H2,1-3H3,(H,20,24)(H,22,23). The molecule has 1 aromatic heterocycles. The number of carbonyl (C=O) groups is 2. The fraction of sp³-hybridized carbons (Fsp3) is 0.294. The lowest BCUT2D eigenvalue weighted by Gasteiger charge is -2.20. The smallest absolute Gasteiger partial charge is 0.321 e. The molecule has 1 heterocycles. The van der Waals surface area contributed by atoms with E-state index >= 15 is 0 Å². The largest absolute Gasteiger partial charge is 0.481 e. The van der Waals surface area contributed by atoms with Gasteiger partial charge < -0.3 is 20.1 Å². The molecule has 1 unspecified atom stereocenters. The lowest BCUT2D eigenvalue weighted by molar-refractivity contribution is -0.141. The molecule has 0 aliphatic rings. The molecule has 8 nitrogen and oxygen atoms in total. The molecular weight excluding hydrogens is 324 g/mol. The highest BCUT2D eigenvalue weighted by atomic mass is 16.5. The fourth-order valence-electron chi connectivity index (χ4n) is 2.07. The Morgan fingerprint density at radius 1 is 1.32 bits per heavy atom. The summed E-state index contributed by atoms with van der Waals surface area (Å²) in [5.74, 6) is -1.03. The molecule has 25 heavy (non-hydrogen) atoms. The molecule has 0 saturated carbocycles. The minimum Gasteiger partial charge on any atom is -0.481 e. The van der Waals surface area contributed by atoms with Crippen molar-refractivity contribution in [3.8, 4) is 11.8 Å². The van der Waals surface area contributed by atoms with E-state index in [1.165, 1.54) is 4.90 Å². The second-order valence-corrected chi connectivity index (χ2v) is 5.66. The number of anilines is 1. The highest BCUT2D eigenvalue weighted by Gasteiger charge is 2.18. The molecule has 1 atom stereocenters. The summed E-state index contributed by atoms with van der Waals surface area (Å²) in [4.78, 5) is 32.3. The third kappa shape index (κ3) is 5.17. The van der Waals surface area contributed by atoms with Gasteiger partial charge in [0.05, 0.1) is 5.92 Å². The molecule has 0 saturated heterocycles. The van der Waals surface area contributed by atoms with Gasteiger partial charge in [-0.25, -0.2) is 14.8 Å². The van der Waals surface area contributed by atoms with Gasteiger partial charge in [0.1, 0.15) is 5.75 Å². The van der Waals surface area contributed by atoms with Gasteiger partial charge in [-0.05, 0) is 36.8 Å². The quantitative estimate of drug-likeness (QED) is 0.835. The molecule has 2 N–H and O–H groups in total. The summed E-state index contributed by atoms with van der Waals surface area (Å²) >= 11 is 0. The van der Waals surface area contributed by atoms with Crippen molar-refractivity contribution in [3.05, 3.63) is 42.2 Å². The second-order valence-electron chi connectivity index (χ2n) is 5.66. The van der Waals surface area contributed by atoms with E-state index < -0.39 is 11.9 Å². The third-order valence-corrected chi connectivity index (χ3v) is 3.51. The van der Waals surface area contributed by atoms with Gasteiger partial charge in [0.2, 0.25) is 0 Å². The first kappa shape index (κ1) is 18.2. The van der Waals surface area contributed by atoms with Crippen LogP contribution in [0.4, 0.5) is 10.5 Å².